The number of amides is 2. The number of rotatable bonds is 6. The molecule has 2 aromatic rings. The zero-order valence-electron chi connectivity index (χ0n) is 29.9. The standard InChI is InChI=1S/C39H52ClN3O7S/c1-3-33-9-4-5-10-36(47-2)34-15-12-30(34)25-43-24-29-11-14-31(40)22-27(29)8-6-7-19-49-37-16-13-28(23-35(37)43)39(45)42-51(33,46)41-38(44)26-50-32-17-20-48-21-18-32/h5,10-11,13-14,16,22-23,30,32-34,36H,3-4,6-9,12,15,17-21,24-26H2,1-2H3,(H,41,42,44,45,46)/b10-5+/t30-,33+,34+,36-,51-/m0/s1. The van der Waals surface area contributed by atoms with E-state index >= 15 is 0 Å². The first-order chi connectivity index (χ1) is 24.8. The van der Waals surface area contributed by atoms with Crippen molar-refractivity contribution in [3.63, 3.8) is 0 Å². The van der Waals surface area contributed by atoms with Gasteiger partial charge >= 0.3 is 0 Å². The Bertz CT molecular complexity index is 1690. The van der Waals surface area contributed by atoms with Gasteiger partial charge in [-0.3, -0.25) is 14.3 Å². The predicted octanol–water partition coefficient (Wildman–Crippen LogP) is 7.07. The van der Waals surface area contributed by atoms with Crippen LogP contribution >= 0.6 is 11.6 Å². The second-order valence-electron chi connectivity index (χ2n) is 14.1. The second-order valence-corrected chi connectivity index (χ2v) is 16.8. The van der Waals surface area contributed by atoms with Gasteiger partial charge in [0.05, 0.1) is 29.8 Å². The van der Waals surface area contributed by atoms with Crippen LogP contribution in [0.3, 0.4) is 0 Å². The summed E-state index contributed by atoms with van der Waals surface area (Å²) in [6.45, 7) is 4.67. The Labute approximate surface area is 307 Å². The summed E-state index contributed by atoms with van der Waals surface area (Å²) in [5.41, 5.74) is 3.47. The molecule has 1 N–H and O–H groups in total. The van der Waals surface area contributed by atoms with Crippen LogP contribution in [0.4, 0.5) is 5.69 Å². The van der Waals surface area contributed by atoms with Crippen LogP contribution in [0, 0.1) is 11.8 Å². The van der Waals surface area contributed by atoms with Crippen molar-refractivity contribution in [3.05, 3.63) is 70.3 Å². The highest BCUT2D eigenvalue weighted by Crippen LogP contribution is 2.42. The van der Waals surface area contributed by atoms with Crippen molar-refractivity contribution in [2.45, 2.75) is 95.1 Å². The van der Waals surface area contributed by atoms with Crippen molar-refractivity contribution >= 4 is 39.0 Å². The molecule has 6 rings (SSSR count). The largest absolute Gasteiger partial charge is 0.491 e. The van der Waals surface area contributed by atoms with Gasteiger partial charge in [0.15, 0.2) is 0 Å². The lowest BCUT2D eigenvalue weighted by atomic mass is 9.70. The highest BCUT2D eigenvalue weighted by atomic mass is 35.5. The Balaban J connectivity index is 1.40. The van der Waals surface area contributed by atoms with Gasteiger partial charge in [-0.25, -0.2) is 4.21 Å². The number of allylic oxidation sites excluding steroid dienone is 1. The molecule has 2 bridgehead atoms. The fourth-order valence-electron chi connectivity index (χ4n) is 7.68. The second kappa shape index (κ2) is 17.7. The number of nitrogens with zero attached hydrogens (tertiary/aromatic N) is 2. The van der Waals surface area contributed by atoms with Crippen LogP contribution in [0.5, 0.6) is 5.75 Å². The lowest BCUT2D eigenvalue weighted by Gasteiger charge is -2.43. The number of hydrogen-bond donors (Lipinski definition) is 1. The van der Waals surface area contributed by atoms with Crippen LogP contribution in [-0.4, -0.2) is 73.6 Å². The summed E-state index contributed by atoms with van der Waals surface area (Å²) in [6, 6.07) is 11.4. The molecular weight excluding hydrogens is 690 g/mol. The first-order valence-corrected chi connectivity index (χ1v) is 20.5. The Kier molecular flexibility index (Phi) is 13.1. The molecule has 51 heavy (non-hydrogen) atoms. The molecular formula is C39H52ClN3O7S. The van der Waals surface area contributed by atoms with Gasteiger partial charge in [-0.1, -0.05) is 36.7 Å². The van der Waals surface area contributed by atoms with Crippen LogP contribution in [0.25, 0.3) is 0 Å². The number of anilines is 1. The van der Waals surface area contributed by atoms with E-state index in [0.717, 1.165) is 44.3 Å². The molecule has 5 atom stereocenters. The van der Waals surface area contributed by atoms with Gasteiger partial charge in [0, 0.05) is 44.0 Å². The Morgan fingerprint density at radius 1 is 1.06 bits per heavy atom. The van der Waals surface area contributed by atoms with Crippen LogP contribution in [0.15, 0.2) is 52.9 Å². The molecule has 2 fully saturated rings. The Hall–Kier alpha value is -2.96. The highest BCUT2D eigenvalue weighted by Gasteiger charge is 2.38. The molecule has 278 valence electrons. The fourth-order valence-corrected chi connectivity index (χ4v) is 9.88. The summed E-state index contributed by atoms with van der Waals surface area (Å²) in [6.07, 6.45) is 11.8. The van der Waals surface area contributed by atoms with Gasteiger partial charge < -0.3 is 23.8 Å². The van der Waals surface area contributed by atoms with Gasteiger partial charge in [-0.15, -0.1) is 4.36 Å². The minimum atomic E-state index is -3.54. The number of hydrogen-bond acceptors (Lipinski definition) is 8. The highest BCUT2D eigenvalue weighted by molar-refractivity contribution is 7.93. The molecule has 1 saturated carbocycles. The van der Waals surface area contributed by atoms with Gasteiger partial charge in [-0.05, 0) is 118 Å². The van der Waals surface area contributed by atoms with Gasteiger partial charge in [0.1, 0.15) is 22.3 Å². The minimum Gasteiger partial charge on any atom is -0.491 e. The van der Waals surface area contributed by atoms with Crippen LogP contribution < -0.4 is 14.4 Å². The summed E-state index contributed by atoms with van der Waals surface area (Å²) in [4.78, 5) is 29.7. The lowest BCUT2D eigenvalue weighted by Crippen LogP contribution is -2.43. The smallest absolute Gasteiger partial charge is 0.286 e. The molecule has 1 saturated heterocycles. The van der Waals surface area contributed by atoms with Crippen molar-refractivity contribution in [2.75, 3.05) is 45.0 Å². The lowest BCUT2D eigenvalue weighted by molar-refractivity contribution is -0.128. The fraction of sp³-hybridized carbons (Fsp3) is 0.590. The maximum absolute atomic E-state index is 14.8. The van der Waals surface area contributed by atoms with E-state index in [4.69, 9.17) is 30.5 Å². The Morgan fingerprint density at radius 3 is 2.67 bits per heavy atom. The normalized spacial score (nSPS) is 28.5. The zero-order chi connectivity index (χ0) is 35.8. The van der Waals surface area contributed by atoms with E-state index < -0.39 is 27.0 Å². The van der Waals surface area contributed by atoms with Crippen molar-refractivity contribution < 1.29 is 32.7 Å². The number of carbonyl (C=O) groups is 2. The van der Waals surface area contributed by atoms with Crippen LogP contribution in [-0.2, 0) is 41.9 Å². The number of carbonyl (C=O) groups excluding carboxylic acids is 2. The summed E-state index contributed by atoms with van der Waals surface area (Å²) < 4.78 is 45.5. The number of halogens is 1. The van der Waals surface area contributed by atoms with E-state index in [0.29, 0.717) is 81.1 Å². The minimum absolute atomic E-state index is 0.0635. The van der Waals surface area contributed by atoms with E-state index in [2.05, 4.69) is 38.3 Å². The first-order valence-electron chi connectivity index (χ1n) is 18.5. The molecule has 4 aliphatic rings. The third-order valence-electron chi connectivity index (χ3n) is 10.8. The van der Waals surface area contributed by atoms with Crippen LogP contribution in [0.1, 0.15) is 86.2 Å². The number of nitrogens with one attached hydrogen (secondary N) is 1. The third kappa shape index (κ3) is 9.53. The number of fused-ring (bicyclic) bond motifs is 3. The number of ether oxygens (including phenoxy) is 4. The third-order valence-corrected chi connectivity index (χ3v) is 13.4. The average molecular weight is 742 g/mol. The number of methoxy groups -OCH3 is 1. The van der Waals surface area contributed by atoms with E-state index in [1.807, 2.05) is 25.1 Å². The summed E-state index contributed by atoms with van der Waals surface area (Å²) in [5.74, 6) is 0.187. The average Bonchev–Trinajstić information content (AvgIpc) is 3.14. The molecule has 0 aromatic heterocycles. The monoisotopic (exact) mass is 741 g/mol. The van der Waals surface area contributed by atoms with E-state index in [9.17, 15) is 13.8 Å². The predicted molar refractivity (Wildman–Crippen MR) is 200 cm³/mol. The Morgan fingerprint density at radius 2 is 1.90 bits per heavy atom. The van der Waals surface area contributed by atoms with Crippen molar-refractivity contribution in [3.8, 4) is 5.75 Å². The number of aryl methyl sites for hydroxylation is 1. The molecule has 3 heterocycles. The number of benzene rings is 2. The van der Waals surface area contributed by atoms with Gasteiger partial charge in [0.25, 0.3) is 11.8 Å². The van der Waals surface area contributed by atoms with Crippen molar-refractivity contribution in [1.29, 1.82) is 0 Å². The molecule has 3 aliphatic heterocycles. The first kappa shape index (κ1) is 37.8. The van der Waals surface area contributed by atoms with Gasteiger partial charge in [-0.2, -0.15) is 0 Å². The molecule has 1 aliphatic carbocycles. The quantitative estimate of drug-likeness (QED) is 0.313. The topological polar surface area (TPSA) is 116 Å². The molecule has 10 nitrogen and oxygen atoms in total. The molecule has 0 spiro atoms. The summed E-state index contributed by atoms with van der Waals surface area (Å²) in [7, 11) is -1.78. The molecule has 2 aromatic carbocycles. The van der Waals surface area contributed by atoms with Crippen molar-refractivity contribution in [1.82, 2.24) is 4.72 Å². The SMILES string of the molecule is CC[C@@H]1CC/C=C/[C@H](OC)[C@@H]2CC[C@H]2CN2Cc3ccc(Cl)cc3CCCCOc3ccc(cc32)C(=O)N=[S@@]1(=O)NC(=O)COC1CCOCC1. The maximum Gasteiger partial charge on any atom is 0.286 e. The maximum atomic E-state index is 14.8. The molecule has 2 amide bonds. The van der Waals surface area contributed by atoms with E-state index in [1.54, 1.807) is 13.2 Å². The molecule has 0 unspecified atom stereocenters. The zero-order valence-corrected chi connectivity index (χ0v) is 31.4. The summed E-state index contributed by atoms with van der Waals surface area (Å²) >= 11 is 6.47. The van der Waals surface area contributed by atoms with Crippen molar-refractivity contribution in [2.24, 2.45) is 16.2 Å². The van der Waals surface area contributed by atoms with Gasteiger partial charge in [0.2, 0.25) is 0 Å². The summed E-state index contributed by atoms with van der Waals surface area (Å²) in [5, 5.41) is 0.153. The molecule has 0 radical (unpaired) electrons. The van der Waals surface area contributed by atoms with Crippen LogP contribution in [0.2, 0.25) is 5.02 Å². The molecule has 12 heteroatoms. The van der Waals surface area contributed by atoms with E-state index in [-0.39, 0.29) is 24.4 Å². The van der Waals surface area contributed by atoms with E-state index in [1.165, 1.54) is 11.1 Å².